The van der Waals surface area contributed by atoms with Crippen LogP contribution in [0.3, 0.4) is 0 Å². The van der Waals surface area contributed by atoms with E-state index in [0.717, 1.165) is 29.4 Å². The zero-order chi connectivity index (χ0) is 17.8. The van der Waals surface area contributed by atoms with Crippen LogP contribution in [0.4, 0.5) is 0 Å². The molecular weight excluding hydrogens is 316 g/mol. The summed E-state index contributed by atoms with van der Waals surface area (Å²) in [5.41, 5.74) is 1.05. The summed E-state index contributed by atoms with van der Waals surface area (Å²) < 4.78 is 6.71. The molecule has 1 aromatic rings. The minimum Gasteiger partial charge on any atom is -0.490 e. The van der Waals surface area contributed by atoms with Crippen molar-refractivity contribution in [2.24, 2.45) is 34.5 Å². The fourth-order valence-corrected chi connectivity index (χ4v) is 8.13. The smallest absolute Gasteiger partial charge is 0.119 e. The Balaban J connectivity index is 1.46. The SMILES string of the molecule is C[C@@]12CCC[C@H]1[C@@H]1CC[C@H]3CCCC(Oc4ccccc4)[C@]3(C)[C@H]1CC2. The highest BCUT2D eigenvalue weighted by Gasteiger charge is 2.60. The lowest BCUT2D eigenvalue weighted by molar-refractivity contribution is -0.151. The monoisotopic (exact) mass is 352 g/mol. The van der Waals surface area contributed by atoms with E-state index in [1.165, 1.54) is 64.2 Å². The van der Waals surface area contributed by atoms with Crippen LogP contribution in [-0.2, 0) is 0 Å². The van der Waals surface area contributed by atoms with Gasteiger partial charge in [0.25, 0.3) is 0 Å². The number of para-hydroxylation sites is 1. The van der Waals surface area contributed by atoms with Gasteiger partial charge in [0.15, 0.2) is 0 Å². The standard InChI is InChI=1S/C25H36O/c1-24-16-7-11-21(24)20-14-13-18-8-6-12-23(25(18,2)22(20)15-17-24)26-19-9-4-3-5-10-19/h3-5,9-10,18,20-23H,6-8,11-17H2,1-2H3/t18-,20+,21+,22+,23?,24+,25+/m1/s1. The molecule has 1 nitrogen and oxygen atoms in total. The molecule has 26 heavy (non-hydrogen) atoms. The van der Waals surface area contributed by atoms with Gasteiger partial charge in [-0.05, 0) is 99.0 Å². The Bertz CT molecular complexity index is 639. The first-order valence-corrected chi connectivity index (χ1v) is 11.3. The summed E-state index contributed by atoms with van der Waals surface area (Å²) in [5, 5.41) is 0. The molecule has 0 bridgehead atoms. The van der Waals surface area contributed by atoms with Crippen LogP contribution >= 0.6 is 0 Å². The normalized spacial score (nSPS) is 47.5. The van der Waals surface area contributed by atoms with E-state index in [1.54, 1.807) is 0 Å². The third-order valence-electron chi connectivity index (χ3n) is 9.48. The molecule has 4 aliphatic carbocycles. The van der Waals surface area contributed by atoms with Crippen molar-refractivity contribution in [3.8, 4) is 5.75 Å². The average molecular weight is 353 g/mol. The highest BCUT2D eigenvalue weighted by Crippen LogP contribution is 2.66. The lowest BCUT2D eigenvalue weighted by Gasteiger charge is -2.61. The Morgan fingerprint density at radius 1 is 0.808 bits per heavy atom. The number of ether oxygens (including phenoxy) is 1. The second-order valence-corrected chi connectivity index (χ2v) is 10.5. The molecule has 0 spiro atoms. The van der Waals surface area contributed by atoms with Gasteiger partial charge >= 0.3 is 0 Å². The zero-order valence-corrected chi connectivity index (χ0v) is 16.8. The van der Waals surface area contributed by atoms with Crippen molar-refractivity contribution in [2.45, 2.75) is 84.2 Å². The molecule has 1 heteroatoms. The third-order valence-corrected chi connectivity index (χ3v) is 9.48. The Morgan fingerprint density at radius 2 is 1.65 bits per heavy atom. The summed E-state index contributed by atoms with van der Waals surface area (Å²) in [6, 6.07) is 10.6. The molecule has 1 unspecified atom stereocenters. The molecule has 0 N–H and O–H groups in total. The van der Waals surface area contributed by atoms with Gasteiger partial charge in [-0.1, -0.05) is 38.5 Å². The first-order valence-electron chi connectivity index (χ1n) is 11.3. The van der Waals surface area contributed by atoms with Crippen LogP contribution in [0.1, 0.15) is 78.1 Å². The summed E-state index contributed by atoms with van der Waals surface area (Å²) in [7, 11) is 0. The Hall–Kier alpha value is -0.980. The molecule has 0 saturated heterocycles. The molecule has 0 radical (unpaired) electrons. The lowest BCUT2D eigenvalue weighted by atomic mass is 9.44. The van der Waals surface area contributed by atoms with Gasteiger partial charge in [0.2, 0.25) is 0 Å². The van der Waals surface area contributed by atoms with Crippen molar-refractivity contribution in [1.82, 2.24) is 0 Å². The molecule has 4 fully saturated rings. The first-order chi connectivity index (χ1) is 12.6. The van der Waals surface area contributed by atoms with Crippen LogP contribution in [0.25, 0.3) is 0 Å². The minimum absolute atomic E-state index is 0.390. The molecule has 142 valence electrons. The maximum absolute atomic E-state index is 6.71. The zero-order valence-electron chi connectivity index (χ0n) is 16.8. The van der Waals surface area contributed by atoms with Crippen LogP contribution in [-0.4, -0.2) is 6.10 Å². The molecule has 0 heterocycles. The minimum atomic E-state index is 0.390. The topological polar surface area (TPSA) is 9.23 Å². The molecule has 0 aromatic heterocycles. The van der Waals surface area contributed by atoms with E-state index in [0.29, 0.717) is 16.9 Å². The first kappa shape index (κ1) is 17.1. The average Bonchev–Trinajstić information content (AvgIpc) is 3.05. The van der Waals surface area contributed by atoms with E-state index in [1.807, 2.05) is 0 Å². The Labute approximate surface area is 159 Å². The fraction of sp³-hybridized carbons (Fsp3) is 0.760. The molecule has 0 amide bonds. The number of hydrogen-bond donors (Lipinski definition) is 0. The fourth-order valence-electron chi connectivity index (χ4n) is 8.13. The maximum Gasteiger partial charge on any atom is 0.119 e. The molecule has 5 rings (SSSR count). The Kier molecular flexibility index (Phi) is 4.14. The van der Waals surface area contributed by atoms with Crippen LogP contribution in [0, 0.1) is 34.5 Å². The second-order valence-electron chi connectivity index (χ2n) is 10.5. The third kappa shape index (κ3) is 2.49. The Morgan fingerprint density at radius 3 is 2.50 bits per heavy atom. The summed E-state index contributed by atoms with van der Waals surface area (Å²) in [4.78, 5) is 0. The summed E-state index contributed by atoms with van der Waals surface area (Å²) in [6.07, 6.45) is 14.8. The van der Waals surface area contributed by atoms with Gasteiger partial charge in [0.1, 0.15) is 11.9 Å². The molecule has 1 aromatic carbocycles. The van der Waals surface area contributed by atoms with Gasteiger partial charge in [-0.15, -0.1) is 0 Å². The largest absolute Gasteiger partial charge is 0.490 e. The van der Waals surface area contributed by atoms with Gasteiger partial charge in [-0.3, -0.25) is 0 Å². The molecular formula is C25H36O. The van der Waals surface area contributed by atoms with E-state index < -0.39 is 0 Å². The van der Waals surface area contributed by atoms with Gasteiger partial charge in [0.05, 0.1) is 0 Å². The van der Waals surface area contributed by atoms with Crippen LogP contribution in [0.5, 0.6) is 5.75 Å². The molecule has 4 saturated carbocycles. The van der Waals surface area contributed by atoms with Crippen molar-refractivity contribution in [3.63, 3.8) is 0 Å². The maximum atomic E-state index is 6.71. The van der Waals surface area contributed by atoms with Crippen LogP contribution in [0.15, 0.2) is 30.3 Å². The van der Waals surface area contributed by atoms with Crippen molar-refractivity contribution in [2.75, 3.05) is 0 Å². The number of benzene rings is 1. The van der Waals surface area contributed by atoms with E-state index in [9.17, 15) is 0 Å². The quantitative estimate of drug-likeness (QED) is 0.564. The van der Waals surface area contributed by atoms with Gasteiger partial charge in [-0.2, -0.15) is 0 Å². The van der Waals surface area contributed by atoms with E-state index in [4.69, 9.17) is 4.74 Å². The predicted octanol–water partition coefficient (Wildman–Crippen LogP) is 6.87. The van der Waals surface area contributed by atoms with Crippen molar-refractivity contribution in [1.29, 1.82) is 0 Å². The van der Waals surface area contributed by atoms with E-state index in [2.05, 4.69) is 44.2 Å². The van der Waals surface area contributed by atoms with Crippen LogP contribution < -0.4 is 4.74 Å². The second kappa shape index (κ2) is 6.28. The van der Waals surface area contributed by atoms with Crippen LogP contribution in [0.2, 0.25) is 0 Å². The van der Waals surface area contributed by atoms with Gasteiger partial charge in [-0.25, -0.2) is 0 Å². The van der Waals surface area contributed by atoms with E-state index >= 15 is 0 Å². The molecule has 0 aliphatic heterocycles. The predicted molar refractivity (Wildman–Crippen MR) is 107 cm³/mol. The number of fused-ring (bicyclic) bond motifs is 5. The lowest BCUT2D eigenvalue weighted by Crippen LogP contribution is -2.58. The number of rotatable bonds is 2. The number of hydrogen-bond acceptors (Lipinski definition) is 1. The van der Waals surface area contributed by atoms with Gasteiger partial charge in [0, 0.05) is 5.41 Å². The van der Waals surface area contributed by atoms with Gasteiger partial charge < -0.3 is 4.74 Å². The molecule has 4 aliphatic rings. The van der Waals surface area contributed by atoms with Crippen molar-refractivity contribution in [3.05, 3.63) is 30.3 Å². The van der Waals surface area contributed by atoms with Crippen molar-refractivity contribution < 1.29 is 4.74 Å². The summed E-state index contributed by atoms with van der Waals surface area (Å²) in [6.45, 7) is 5.26. The highest BCUT2D eigenvalue weighted by molar-refractivity contribution is 5.22. The molecule has 7 atom stereocenters. The summed E-state index contributed by atoms with van der Waals surface area (Å²) >= 11 is 0. The van der Waals surface area contributed by atoms with E-state index in [-0.39, 0.29) is 0 Å². The summed E-state index contributed by atoms with van der Waals surface area (Å²) in [5.74, 6) is 4.84. The highest BCUT2D eigenvalue weighted by atomic mass is 16.5. The van der Waals surface area contributed by atoms with Crippen molar-refractivity contribution >= 4 is 0 Å².